The maximum Gasteiger partial charge on any atom is 0.131 e. The van der Waals surface area contributed by atoms with Crippen molar-refractivity contribution in [2.75, 3.05) is 7.11 Å². The molecule has 28 heavy (non-hydrogen) atoms. The summed E-state index contributed by atoms with van der Waals surface area (Å²) in [5, 5.41) is 20.4. The summed E-state index contributed by atoms with van der Waals surface area (Å²) in [5.74, 6) is 0.838. The molecule has 5 heteroatoms. The molecular formula is C23H14N2OS2. The molecule has 4 rings (SSSR count). The van der Waals surface area contributed by atoms with Crippen LogP contribution in [0.15, 0.2) is 66.2 Å². The number of ether oxygens (including phenoxy) is 1. The van der Waals surface area contributed by atoms with E-state index in [9.17, 15) is 0 Å². The summed E-state index contributed by atoms with van der Waals surface area (Å²) in [6, 6.07) is 24.3. The van der Waals surface area contributed by atoms with E-state index in [1.165, 1.54) is 20.5 Å². The van der Waals surface area contributed by atoms with E-state index in [1.54, 1.807) is 35.9 Å². The third kappa shape index (κ3) is 3.30. The predicted octanol–water partition coefficient (Wildman–Crippen LogP) is 6.74. The Morgan fingerprint density at radius 1 is 0.857 bits per heavy atom. The van der Waals surface area contributed by atoms with Gasteiger partial charge >= 0.3 is 0 Å². The third-order valence-corrected chi connectivity index (χ3v) is 6.83. The number of fused-ring (bicyclic) bond motifs is 1. The average molecular weight is 399 g/mol. The fourth-order valence-electron chi connectivity index (χ4n) is 3.02. The van der Waals surface area contributed by atoms with Crippen LogP contribution in [0, 0.1) is 22.7 Å². The van der Waals surface area contributed by atoms with E-state index in [0.717, 1.165) is 21.1 Å². The first kappa shape index (κ1) is 18.0. The van der Waals surface area contributed by atoms with Crippen LogP contribution < -0.4 is 4.74 Å². The minimum Gasteiger partial charge on any atom is -0.497 e. The molecule has 0 atom stereocenters. The lowest BCUT2D eigenvalue weighted by molar-refractivity contribution is 0.415. The molecule has 0 unspecified atom stereocenters. The van der Waals surface area contributed by atoms with Crippen molar-refractivity contribution in [2.45, 2.75) is 0 Å². The molecule has 134 valence electrons. The van der Waals surface area contributed by atoms with Crippen LogP contribution >= 0.6 is 22.7 Å². The van der Waals surface area contributed by atoms with Crippen LogP contribution in [0.5, 0.6) is 5.75 Å². The zero-order valence-corrected chi connectivity index (χ0v) is 16.6. The minimum atomic E-state index is 0.114. The normalized spacial score (nSPS) is 10.2. The van der Waals surface area contributed by atoms with E-state index in [2.05, 4.69) is 36.4 Å². The Labute approximate surface area is 171 Å². The quantitative estimate of drug-likeness (QED) is 0.358. The van der Waals surface area contributed by atoms with Gasteiger partial charge in [-0.3, -0.25) is 0 Å². The smallest absolute Gasteiger partial charge is 0.131 e. The number of benzene rings is 2. The molecule has 0 radical (unpaired) electrons. The molecule has 0 aliphatic carbocycles. The highest BCUT2D eigenvalue weighted by Gasteiger charge is 2.15. The lowest BCUT2D eigenvalue weighted by atomic mass is 10.1. The Hall–Kier alpha value is -3.38. The van der Waals surface area contributed by atoms with Gasteiger partial charge in [-0.15, -0.1) is 22.7 Å². The minimum absolute atomic E-state index is 0.114. The fraction of sp³-hybridized carbons (Fsp3) is 0.0435. The third-order valence-electron chi connectivity index (χ3n) is 4.35. The summed E-state index contributed by atoms with van der Waals surface area (Å²) in [6.07, 6.45) is 1.63. The van der Waals surface area contributed by atoms with Crippen LogP contribution in [-0.4, -0.2) is 7.11 Å². The average Bonchev–Trinajstić information content (AvgIpc) is 3.36. The molecule has 0 spiro atoms. The van der Waals surface area contributed by atoms with E-state index in [1.807, 2.05) is 36.4 Å². The number of allylic oxidation sites excluding steroid dienone is 1. The number of methoxy groups -OCH3 is 1. The van der Waals surface area contributed by atoms with Crippen molar-refractivity contribution in [2.24, 2.45) is 0 Å². The standard InChI is InChI=1S/C23H14N2OS2/c1-26-17-8-6-16(7-9-17)22-19-4-2-3-5-20(19)23(28-22)21-11-10-18(27-21)12-15(13-24)14-25/h2-12H,1H3. The highest BCUT2D eigenvalue weighted by atomic mass is 32.1. The molecule has 4 aromatic rings. The topological polar surface area (TPSA) is 56.8 Å². The molecule has 0 saturated carbocycles. The first-order chi connectivity index (χ1) is 13.7. The molecule has 2 aromatic heterocycles. The largest absolute Gasteiger partial charge is 0.497 e. The van der Waals surface area contributed by atoms with Gasteiger partial charge in [-0.25, -0.2) is 0 Å². The summed E-state index contributed by atoms with van der Waals surface area (Å²) in [4.78, 5) is 4.44. The zero-order valence-electron chi connectivity index (χ0n) is 15.0. The lowest BCUT2D eigenvalue weighted by Crippen LogP contribution is -1.81. The van der Waals surface area contributed by atoms with E-state index in [-0.39, 0.29) is 5.57 Å². The summed E-state index contributed by atoms with van der Waals surface area (Å²) in [7, 11) is 1.67. The van der Waals surface area contributed by atoms with Crippen LogP contribution in [-0.2, 0) is 0 Å². The van der Waals surface area contributed by atoms with Gasteiger partial charge in [0.2, 0.25) is 0 Å². The maximum atomic E-state index is 8.98. The maximum absolute atomic E-state index is 8.98. The van der Waals surface area contributed by atoms with Gasteiger partial charge in [0.05, 0.1) is 12.0 Å². The van der Waals surface area contributed by atoms with E-state index in [4.69, 9.17) is 15.3 Å². The highest BCUT2D eigenvalue weighted by Crippen LogP contribution is 2.46. The number of hydrogen-bond donors (Lipinski definition) is 0. The first-order valence-corrected chi connectivity index (χ1v) is 10.1. The van der Waals surface area contributed by atoms with Crippen molar-refractivity contribution in [1.29, 1.82) is 10.5 Å². The molecule has 0 bridgehead atoms. The molecule has 2 aromatic carbocycles. The van der Waals surface area contributed by atoms with Gasteiger partial charge in [-0.05, 0) is 48.0 Å². The van der Waals surface area contributed by atoms with Crippen LogP contribution in [0.1, 0.15) is 4.88 Å². The Morgan fingerprint density at radius 3 is 2.18 bits per heavy atom. The lowest BCUT2D eigenvalue weighted by Gasteiger charge is -2.02. The van der Waals surface area contributed by atoms with Crippen molar-refractivity contribution in [3.63, 3.8) is 0 Å². The van der Waals surface area contributed by atoms with Crippen molar-refractivity contribution < 1.29 is 4.74 Å². The number of thiophene rings is 2. The SMILES string of the molecule is COc1ccc(-c2sc(-c3ccc(C=C(C#N)C#N)s3)c3ccccc23)cc1. The first-order valence-electron chi connectivity index (χ1n) is 8.51. The molecule has 3 nitrogen and oxygen atoms in total. The molecule has 0 N–H and O–H groups in total. The summed E-state index contributed by atoms with van der Waals surface area (Å²) >= 11 is 3.34. The molecule has 0 aliphatic rings. The number of nitriles is 2. The second-order valence-corrected chi connectivity index (χ2v) is 8.15. The Kier molecular flexibility index (Phi) is 4.95. The van der Waals surface area contributed by atoms with E-state index >= 15 is 0 Å². The van der Waals surface area contributed by atoms with Crippen molar-refractivity contribution >= 4 is 39.5 Å². The zero-order chi connectivity index (χ0) is 19.5. The Morgan fingerprint density at radius 2 is 1.54 bits per heavy atom. The van der Waals surface area contributed by atoms with Crippen molar-refractivity contribution in [1.82, 2.24) is 0 Å². The van der Waals surface area contributed by atoms with Crippen LogP contribution in [0.4, 0.5) is 0 Å². The van der Waals surface area contributed by atoms with Gasteiger partial charge < -0.3 is 4.74 Å². The number of rotatable bonds is 4. The molecule has 0 fully saturated rings. The van der Waals surface area contributed by atoms with Crippen LogP contribution in [0.25, 0.3) is 37.0 Å². The summed E-state index contributed by atoms with van der Waals surface area (Å²) in [5.41, 5.74) is 1.27. The Balaban J connectivity index is 1.83. The molecule has 0 amide bonds. The predicted molar refractivity (Wildman–Crippen MR) is 116 cm³/mol. The van der Waals surface area contributed by atoms with E-state index in [0.29, 0.717) is 0 Å². The van der Waals surface area contributed by atoms with Gasteiger partial charge in [-0.1, -0.05) is 24.3 Å². The van der Waals surface area contributed by atoms with Crippen LogP contribution in [0.2, 0.25) is 0 Å². The fourth-order valence-corrected chi connectivity index (χ4v) is 5.37. The van der Waals surface area contributed by atoms with Gasteiger partial charge in [0.15, 0.2) is 0 Å². The Bertz CT molecular complexity index is 1250. The van der Waals surface area contributed by atoms with Gasteiger partial charge in [0.25, 0.3) is 0 Å². The molecule has 2 heterocycles. The molecule has 0 aliphatic heterocycles. The van der Waals surface area contributed by atoms with Gasteiger partial charge in [-0.2, -0.15) is 10.5 Å². The summed E-state index contributed by atoms with van der Waals surface area (Å²) in [6.45, 7) is 0. The monoisotopic (exact) mass is 398 g/mol. The van der Waals surface area contributed by atoms with Crippen molar-refractivity contribution in [3.05, 3.63) is 71.1 Å². The molecule has 0 saturated heterocycles. The molecular weight excluding hydrogens is 384 g/mol. The van der Waals surface area contributed by atoms with Crippen LogP contribution in [0.3, 0.4) is 0 Å². The van der Waals surface area contributed by atoms with Gasteiger partial charge in [0, 0.05) is 25.4 Å². The van der Waals surface area contributed by atoms with Crippen molar-refractivity contribution in [3.8, 4) is 38.1 Å². The summed E-state index contributed by atoms with van der Waals surface area (Å²) < 4.78 is 5.27. The van der Waals surface area contributed by atoms with Gasteiger partial charge in [0.1, 0.15) is 23.5 Å². The second-order valence-electron chi connectivity index (χ2n) is 6.02. The highest BCUT2D eigenvalue weighted by molar-refractivity contribution is 7.25. The van der Waals surface area contributed by atoms with E-state index < -0.39 is 0 Å². The second kappa shape index (κ2) is 7.70. The number of hydrogen-bond acceptors (Lipinski definition) is 5. The number of nitrogens with zero attached hydrogens (tertiary/aromatic N) is 2.